The van der Waals surface area contributed by atoms with Crippen LogP contribution in [0.4, 0.5) is 0 Å². The van der Waals surface area contributed by atoms with Crippen LogP contribution < -0.4 is 0 Å². The molecule has 0 radical (unpaired) electrons. The molecule has 3 N–H and O–H groups in total. The van der Waals surface area contributed by atoms with Gasteiger partial charge in [0.1, 0.15) is 0 Å². The van der Waals surface area contributed by atoms with E-state index in [-0.39, 0.29) is 18.6 Å². The predicted molar refractivity (Wildman–Crippen MR) is 150 cm³/mol. The second-order valence-corrected chi connectivity index (χ2v) is 8.94. The molecule has 220 valence electrons. The maximum Gasteiger partial charge on any atom is 0.347 e. The number of carbonyl (C=O) groups excluding carboxylic acids is 2. The first-order valence-corrected chi connectivity index (χ1v) is 13.1. The summed E-state index contributed by atoms with van der Waals surface area (Å²) >= 11 is 0. The van der Waals surface area contributed by atoms with Gasteiger partial charge in [-0.05, 0) is 70.6 Å². The van der Waals surface area contributed by atoms with Crippen molar-refractivity contribution in [2.45, 2.75) is 100 Å². The van der Waals surface area contributed by atoms with Gasteiger partial charge in [-0.15, -0.1) is 0 Å². The second-order valence-electron chi connectivity index (χ2n) is 8.94. The SMILES string of the molecule is CCC(=O)N(C)CC.CCC(C)(C)C(=O)OO.CCC(C)O.CCC(C)c1ccncc1.COCCO. The number of hydrogen-bond acceptors (Lipinski definition) is 8. The largest absolute Gasteiger partial charge is 0.394 e. The van der Waals surface area contributed by atoms with E-state index in [1.807, 2.05) is 47.1 Å². The molecule has 9 heteroatoms. The van der Waals surface area contributed by atoms with Gasteiger partial charge in [-0.3, -0.25) is 9.78 Å². The molecule has 0 saturated carbocycles. The maximum absolute atomic E-state index is 10.7. The molecule has 0 bridgehead atoms. The molecule has 2 atom stereocenters. The Balaban J connectivity index is -0.000000189. The van der Waals surface area contributed by atoms with E-state index in [0.717, 1.165) is 13.0 Å². The van der Waals surface area contributed by atoms with Crippen LogP contribution in [0, 0.1) is 5.41 Å². The average molecular weight is 533 g/mol. The predicted octanol–water partition coefficient (Wildman–Crippen LogP) is 5.31. The summed E-state index contributed by atoms with van der Waals surface area (Å²) in [6, 6.07) is 4.16. The number of pyridine rings is 1. The highest BCUT2D eigenvalue weighted by Gasteiger charge is 2.27. The Kier molecular flexibility index (Phi) is 32.4. The number of methoxy groups -OCH3 is 1. The van der Waals surface area contributed by atoms with Crippen LogP contribution in [0.2, 0.25) is 0 Å². The highest BCUT2D eigenvalue weighted by Crippen LogP contribution is 2.20. The van der Waals surface area contributed by atoms with Crippen molar-refractivity contribution in [3.05, 3.63) is 30.1 Å². The lowest BCUT2D eigenvalue weighted by Crippen LogP contribution is -2.24. The number of aliphatic hydroxyl groups excluding tert-OH is 2. The molecule has 0 aromatic carbocycles. The van der Waals surface area contributed by atoms with Crippen molar-refractivity contribution in [1.82, 2.24) is 9.88 Å². The number of ether oxygens (including phenoxy) is 1. The summed E-state index contributed by atoms with van der Waals surface area (Å²) in [6.45, 7) is 18.7. The molecule has 1 amide bonds. The van der Waals surface area contributed by atoms with Crippen LogP contribution in [0.15, 0.2) is 24.5 Å². The van der Waals surface area contributed by atoms with Crippen LogP contribution in [0.25, 0.3) is 0 Å². The number of aliphatic hydroxyl groups is 2. The molecule has 0 aliphatic heterocycles. The van der Waals surface area contributed by atoms with Crippen LogP contribution in [0.3, 0.4) is 0 Å². The zero-order chi connectivity index (χ0) is 29.9. The summed E-state index contributed by atoms with van der Waals surface area (Å²) in [5.74, 6) is 0.306. The number of aromatic nitrogens is 1. The number of carbonyl (C=O) groups is 2. The van der Waals surface area contributed by atoms with E-state index in [1.165, 1.54) is 12.0 Å². The van der Waals surface area contributed by atoms with Crippen LogP contribution in [0.5, 0.6) is 0 Å². The molecular formula is C28H56N2O7. The molecule has 0 saturated heterocycles. The summed E-state index contributed by atoms with van der Waals surface area (Å²) in [6.07, 6.45) is 6.92. The fourth-order valence-electron chi connectivity index (χ4n) is 1.73. The molecule has 0 aliphatic rings. The van der Waals surface area contributed by atoms with Gasteiger partial charge in [0.25, 0.3) is 0 Å². The van der Waals surface area contributed by atoms with Crippen molar-refractivity contribution in [2.24, 2.45) is 5.41 Å². The lowest BCUT2D eigenvalue weighted by Gasteiger charge is -2.16. The van der Waals surface area contributed by atoms with E-state index in [0.29, 0.717) is 25.4 Å². The highest BCUT2D eigenvalue weighted by molar-refractivity contribution is 5.75. The molecule has 1 aromatic rings. The summed E-state index contributed by atoms with van der Waals surface area (Å²) in [5.41, 5.74) is 0.826. The smallest absolute Gasteiger partial charge is 0.347 e. The van der Waals surface area contributed by atoms with Gasteiger partial charge in [0.05, 0.1) is 24.7 Å². The molecule has 9 nitrogen and oxygen atoms in total. The minimum atomic E-state index is -0.579. The number of rotatable bonds is 9. The highest BCUT2D eigenvalue weighted by atomic mass is 17.1. The van der Waals surface area contributed by atoms with Crippen LogP contribution >= 0.6 is 0 Å². The number of hydrogen-bond donors (Lipinski definition) is 3. The zero-order valence-corrected chi connectivity index (χ0v) is 25.3. The fourth-order valence-corrected chi connectivity index (χ4v) is 1.73. The molecule has 0 fully saturated rings. The molecule has 37 heavy (non-hydrogen) atoms. The van der Waals surface area contributed by atoms with Crippen LogP contribution in [0.1, 0.15) is 99.5 Å². The second kappa shape index (κ2) is 28.5. The third-order valence-corrected chi connectivity index (χ3v) is 5.50. The molecule has 2 unspecified atom stereocenters. The maximum atomic E-state index is 10.7. The Labute approximate surface area is 226 Å². The summed E-state index contributed by atoms with van der Waals surface area (Å²) in [4.78, 5) is 30.5. The molecule has 0 spiro atoms. The van der Waals surface area contributed by atoms with Crippen molar-refractivity contribution < 1.29 is 34.7 Å². The van der Waals surface area contributed by atoms with Gasteiger partial charge in [0.2, 0.25) is 5.91 Å². The third-order valence-electron chi connectivity index (χ3n) is 5.50. The van der Waals surface area contributed by atoms with Gasteiger partial charge in [0, 0.05) is 39.5 Å². The third kappa shape index (κ3) is 28.4. The lowest BCUT2D eigenvalue weighted by atomic mass is 9.91. The molecule has 0 aliphatic carbocycles. The van der Waals surface area contributed by atoms with Crippen molar-refractivity contribution in [1.29, 1.82) is 0 Å². The van der Waals surface area contributed by atoms with Crippen molar-refractivity contribution in [3.8, 4) is 0 Å². The fraction of sp³-hybridized carbons (Fsp3) is 0.750. The Hall–Kier alpha value is -2.07. The van der Waals surface area contributed by atoms with Gasteiger partial charge in [-0.1, -0.05) is 34.6 Å². The van der Waals surface area contributed by atoms with Crippen molar-refractivity contribution >= 4 is 11.9 Å². The Bertz CT molecular complexity index is 624. The van der Waals surface area contributed by atoms with Crippen molar-refractivity contribution in [2.75, 3.05) is 33.9 Å². The molecular weight excluding hydrogens is 476 g/mol. The minimum Gasteiger partial charge on any atom is -0.394 e. The van der Waals surface area contributed by atoms with E-state index in [1.54, 1.807) is 32.8 Å². The molecule has 1 rings (SSSR count). The van der Waals surface area contributed by atoms with E-state index < -0.39 is 11.4 Å². The van der Waals surface area contributed by atoms with Crippen LogP contribution in [-0.2, 0) is 19.2 Å². The Morgan fingerprint density at radius 1 is 1.05 bits per heavy atom. The topological polar surface area (TPSA) is 129 Å². The first-order valence-electron chi connectivity index (χ1n) is 13.1. The lowest BCUT2D eigenvalue weighted by molar-refractivity contribution is -0.244. The quantitative estimate of drug-likeness (QED) is 0.288. The van der Waals surface area contributed by atoms with Gasteiger partial charge < -0.3 is 24.7 Å². The first-order chi connectivity index (χ1) is 17.3. The van der Waals surface area contributed by atoms with E-state index in [2.05, 4.69) is 40.6 Å². The van der Waals surface area contributed by atoms with Crippen LogP contribution in [-0.4, -0.2) is 77.3 Å². The van der Waals surface area contributed by atoms with Gasteiger partial charge in [-0.25, -0.2) is 4.79 Å². The zero-order valence-electron chi connectivity index (χ0n) is 25.3. The number of nitrogens with zero attached hydrogens (tertiary/aromatic N) is 2. The first kappa shape index (κ1) is 42.0. The van der Waals surface area contributed by atoms with Crippen molar-refractivity contribution in [3.63, 3.8) is 0 Å². The van der Waals surface area contributed by atoms with Gasteiger partial charge in [0.15, 0.2) is 0 Å². The molecule has 1 heterocycles. The Morgan fingerprint density at radius 3 is 1.73 bits per heavy atom. The summed E-state index contributed by atoms with van der Waals surface area (Å²) < 4.78 is 4.44. The Morgan fingerprint density at radius 2 is 1.54 bits per heavy atom. The average Bonchev–Trinajstić information content (AvgIpc) is 2.93. The van der Waals surface area contributed by atoms with E-state index in [4.69, 9.17) is 15.5 Å². The number of amides is 1. The van der Waals surface area contributed by atoms with Gasteiger partial charge >= 0.3 is 5.97 Å². The minimum absolute atomic E-state index is 0.116. The van der Waals surface area contributed by atoms with E-state index in [9.17, 15) is 9.59 Å². The normalized spacial score (nSPS) is 11.3. The molecule has 1 aromatic heterocycles. The summed E-state index contributed by atoms with van der Waals surface area (Å²) in [7, 11) is 3.36. The standard InChI is InChI=1S/C9H13N.C6H13NO.C6H12O3.C4H10O.C3H8O2/c1-3-8(2)9-4-6-10-7-5-9;1-4-6(8)7(3)5-2;1-4-6(2,3)5(7)9-8;1-3-4(2)5;1-5-3-2-4/h4-8H,3H2,1-2H3;4-5H2,1-3H3;8H,4H2,1-3H3;4-5H,3H2,1-2H3;4H,2-3H2,1H3. The summed E-state index contributed by atoms with van der Waals surface area (Å²) in [5, 5.41) is 24.3. The van der Waals surface area contributed by atoms with E-state index >= 15 is 0 Å². The van der Waals surface area contributed by atoms with Gasteiger partial charge in [-0.2, -0.15) is 5.26 Å². The monoisotopic (exact) mass is 532 g/mol.